The molecule has 0 aromatic heterocycles. The zero-order valence-electron chi connectivity index (χ0n) is 22.8. The summed E-state index contributed by atoms with van der Waals surface area (Å²) >= 11 is 0. The summed E-state index contributed by atoms with van der Waals surface area (Å²) in [6.07, 6.45) is -0.181. The molecule has 1 heterocycles. The lowest BCUT2D eigenvalue weighted by Gasteiger charge is -2.38. The number of carbonyl (C=O) groups excluding carboxylic acids is 3. The highest BCUT2D eigenvalue weighted by atomic mass is 16.6. The van der Waals surface area contributed by atoms with Gasteiger partial charge in [-0.3, -0.25) is 9.59 Å². The second kappa shape index (κ2) is 9.50. The fraction of sp³-hybridized carbons (Fsp3) is 0.846. The normalized spacial score (nSPS) is 27.4. The summed E-state index contributed by atoms with van der Waals surface area (Å²) in [6, 6.07) is -2.68. The second-order valence-electron chi connectivity index (χ2n) is 13.4. The number of carboxylic acids is 1. The molecule has 36 heavy (non-hydrogen) atoms. The number of aliphatic hydroxyl groups excluding tert-OH is 1. The summed E-state index contributed by atoms with van der Waals surface area (Å²) in [5.41, 5.74) is -1.55. The van der Waals surface area contributed by atoms with Crippen LogP contribution in [-0.2, 0) is 19.1 Å². The van der Waals surface area contributed by atoms with Crippen LogP contribution in [0.2, 0.25) is 0 Å². The van der Waals surface area contributed by atoms with Crippen LogP contribution in [0.15, 0.2) is 0 Å². The van der Waals surface area contributed by atoms with Gasteiger partial charge < -0.3 is 30.5 Å². The molecule has 0 bridgehead atoms. The van der Waals surface area contributed by atoms with Crippen LogP contribution in [0.4, 0.5) is 4.79 Å². The van der Waals surface area contributed by atoms with Crippen LogP contribution in [0.1, 0.15) is 74.7 Å². The molecule has 6 atom stereocenters. The average Bonchev–Trinajstić information content (AvgIpc) is 3.55. The van der Waals surface area contributed by atoms with Crippen LogP contribution < -0.4 is 10.6 Å². The number of carbonyl (C=O) groups is 4. The predicted octanol–water partition coefficient (Wildman–Crippen LogP) is 2.14. The first kappa shape index (κ1) is 28.2. The molecule has 204 valence electrons. The van der Waals surface area contributed by atoms with E-state index in [4.69, 9.17) is 4.74 Å². The Hall–Kier alpha value is -2.36. The fourth-order valence-electron chi connectivity index (χ4n) is 5.47. The topological polar surface area (TPSA) is 145 Å². The Bertz CT molecular complexity index is 900. The zero-order valence-corrected chi connectivity index (χ0v) is 22.8. The molecule has 0 aromatic rings. The maximum atomic E-state index is 13.8. The summed E-state index contributed by atoms with van der Waals surface area (Å²) in [5.74, 6) is -1.93. The van der Waals surface area contributed by atoms with E-state index < -0.39 is 53.2 Å². The minimum absolute atomic E-state index is 0.0906. The van der Waals surface area contributed by atoms with Crippen molar-refractivity contribution in [1.82, 2.24) is 15.5 Å². The molecule has 0 aromatic carbocycles. The number of aliphatic hydroxyl groups is 1. The minimum Gasteiger partial charge on any atom is -0.479 e. The summed E-state index contributed by atoms with van der Waals surface area (Å²) in [4.78, 5) is 53.0. The summed E-state index contributed by atoms with van der Waals surface area (Å²) in [5, 5.41) is 25.1. The molecular weight excluding hydrogens is 466 g/mol. The molecule has 3 amide bonds. The van der Waals surface area contributed by atoms with E-state index in [0.717, 1.165) is 12.8 Å². The molecule has 2 aliphatic carbocycles. The van der Waals surface area contributed by atoms with Crippen LogP contribution in [0.5, 0.6) is 0 Å². The van der Waals surface area contributed by atoms with Gasteiger partial charge in [-0.15, -0.1) is 0 Å². The number of nitrogens with zero attached hydrogens (tertiary/aromatic N) is 1. The first-order valence-electron chi connectivity index (χ1n) is 12.9. The molecule has 4 N–H and O–H groups in total. The first-order valence-corrected chi connectivity index (χ1v) is 12.9. The SMILES string of the molecule is CC(C)(C)OC(=O)NC(C(=O)N1C[C@H]2[C@@H]([C@H]1C(=O)NC(CC1CC1)C(O)C(=O)O)C2(C)C)C(C)(C)C. The van der Waals surface area contributed by atoms with Gasteiger partial charge in [0.25, 0.3) is 0 Å². The highest BCUT2D eigenvalue weighted by molar-refractivity contribution is 5.93. The Morgan fingerprint density at radius 1 is 1.06 bits per heavy atom. The van der Waals surface area contributed by atoms with Gasteiger partial charge in [0.15, 0.2) is 6.10 Å². The molecule has 0 radical (unpaired) electrons. The van der Waals surface area contributed by atoms with E-state index in [2.05, 4.69) is 24.5 Å². The quantitative estimate of drug-likeness (QED) is 0.392. The molecule has 2 saturated carbocycles. The molecule has 10 heteroatoms. The van der Waals surface area contributed by atoms with Crippen molar-refractivity contribution in [1.29, 1.82) is 0 Å². The van der Waals surface area contributed by atoms with E-state index in [-0.39, 0.29) is 29.1 Å². The fourth-order valence-corrected chi connectivity index (χ4v) is 5.47. The number of ether oxygens (including phenoxy) is 1. The Morgan fingerprint density at radius 2 is 1.64 bits per heavy atom. The number of likely N-dealkylation sites (tertiary alicyclic amines) is 1. The number of nitrogens with one attached hydrogen (secondary N) is 2. The highest BCUT2D eigenvalue weighted by Crippen LogP contribution is 2.65. The van der Waals surface area contributed by atoms with Crippen LogP contribution >= 0.6 is 0 Å². The Morgan fingerprint density at radius 3 is 2.11 bits per heavy atom. The van der Waals surface area contributed by atoms with Crippen molar-refractivity contribution in [2.24, 2.45) is 28.6 Å². The van der Waals surface area contributed by atoms with Gasteiger partial charge >= 0.3 is 12.1 Å². The number of rotatable bonds is 8. The third-order valence-corrected chi connectivity index (χ3v) is 7.78. The molecule has 3 aliphatic rings. The van der Waals surface area contributed by atoms with Gasteiger partial charge in [0.1, 0.15) is 17.7 Å². The largest absolute Gasteiger partial charge is 0.479 e. The highest BCUT2D eigenvalue weighted by Gasteiger charge is 2.70. The van der Waals surface area contributed by atoms with Gasteiger partial charge in [-0.25, -0.2) is 9.59 Å². The van der Waals surface area contributed by atoms with E-state index in [1.54, 1.807) is 20.8 Å². The number of hydrogen-bond donors (Lipinski definition) is 4. The number of fused-ring (bicyclic) bond motifs is 1. The Balaban J connectivity index is 1.82. The number of amides is 3. The van der Waals surface area contributed by atoms with Gasteiger partial charge in [0, 0.05) is 6.54 Å². The summed E-state index contributed by atoms with van der Waals surface area (Å²) in [6.45, 7) is 15.2. The molecule has 10 nitrogen and oxygen atoms in total. The maximum Gasteiger partial charge on any atom is 0.408 e. The number of carboxylic acid groups (broad SMARTS) is 1. The average molecular weight is 510 g/mol. The predicted molar refractivity (Wildman–Crippen MR) is 132 cm³/mol. The minimum atomic E-state index is -1.72. The molecule has 0 spiro atoms. The Labute approximate surface area is 213 Å². The van der Waals surface area contributed by atoms with Crippen LogP contribution in [-0.4, -0.2) is 75.4 Å². The molecular formula is C26H43N3O7. The van der Waals surface area contributed by atoms with Gasteiger partial charge in [-0.1, -0.05) is 47.5 Å². The van der Waals surface area contributed by atoms with Crippen LogP contribution in [0, 0.1) is 28.6 Å². The van der Waals surface area contributed by atoms with Crippen molar-refractivity contribution < 1.29 is 34.1 Å². The number of hydrogen-bond acceptors (Lipinski definition) is 6. The lowest BCUT2D eigenvalue weighted by Crippen LogP contribution is -2.61. The summed E-state index contributed by atoms with van der Waals surface area (Å²) < 4.78 is 5.37. The molecule has 3 unspecified atom stereocenters. The van der Waals surface area contributed by atoms with Gasteiger partial charge in [0.05, 0.1) is 6.04 Å². The van der Waals surface area contributed by atoms with Crippen LogP contribution in [0.3, 0.4) is 0 Å². The first-order chi connectivity index (χ1) is 16.3. The number of piperidine rings is 1. The molecule has 1 saturated heterocycles. The zero-order chi connectivity index (χ0) is 27.4. The van der Waals surface area contributed by atoms with Crippen molar-refractivity contribution in [3.63, 3.8) is 0 Å². The van der Waals surface area contributed by atoms with Crippen molar-refractivity contribution in [3.8, 4) is 0 Å². The van der Waals surface area contributed by atoms with E-state index in [9.17, 15) is 29.4 Å². The smallest absolute Gasteiger partial charge is 0.408 e. The third-order valence-electron chi connectivity index (χ3n) is 7.78. The second-order valence-corrected chi connectivity index (χ2v) is 13.4. The van der Waals surface area contributed by atoms with Crippen molar-refractivity contribution in [2.75, 3.05) is 6.54 Å². The monoisotopic (exact) mass is 509 g/mol. The van der Waals surface area contributed by atoms with Crippen LogP contribution in [0.25, 0.3) is 0 Å². The molecule has 1 aliphatic heterocycles. The van der Waals surface area contributed by atoms with E-state index in [1.165, 1.54) is 4.90 Å². The lowest BCUT2D eigenvalue weighted by atomic mass is 9.85. The maximum absolute atomic E-state index is 13.8. The summed E-state index contributed by atoms with van der Waals surface area (Å²) in [7, 11) is 0. The van der Waals surface area contributed by atoms with E-state index >= 15 is 0 Å². The van der Waals surface area contributed by atoms with Crippen molar-refractivity contribution in [3.05, 3.63) is 0 Å². The van der Waals surface area contributed by atoms with Gasteiger partial charge in [0.2, 0.25) is 11.8 Å². The lowest BCUT2D eigenvalue weighted by molar-refractivity contribution is -0.150. The standard InChI is InChI=1S/C26H43N3O7/c1-24(2,3)19(28-23(35)36-25(4,5)6)21(32)29-12-14-16(26(14,7)8)17(29)20(31)27-15(11-13-9-10-13)18(30)22(33)34/h13-19,30H,9-12H2,1-8H3,(H,27,31)(H,28,35)(H,33,34)/t14-,15?,16-,17-,18?,19?/m0/s1. The van der Waals surface area contributed by atoms with E-state index in [1.807, 2.05) is 20.8 Å². The van der Waals surface area contributed by atoms with Gasteiger partial charge in [-0.05, 0) is 55.8 Å². The van der Waals surface area contributed by atoms with Crippen molar-refractivity contribution in [2.45, 2.75) is 104 Å². The molecule has 3 rings (SSSR count). The third kappa shape index (κ3) is 6.12. The Kier molecular flexibility index (Phi) is 7.45. The van der Waals surface area contributed by atoms with E-state index in [0.29, 0.717) is 13.0 Å². The number of alkyl carbamates (subject to hydrolysis) is 1. The van der Waals surface area contributed by atoms with Crippen molar-refractivity contribution >= 4 is 23.9 Å². The van der Waals surface area contributed by atoms with Gasteiger partial charge in [-0.2, -0.15) is 0 Å². The molecule has 3 fully saturated rings. The number of aliphatic carboxylic acids is 1.